The molecule has 1 N–H and O–H groups in total. The van der Waals surface area contributed by atoms with Crippen LogP contribution in [0, 0.1) is 0 Å². The summed E-state index contributed by atoms with van der Waals surface area (Å²) in [5.74, 6) is 0.873. The number of nitrogens with zero attached hydrogens (tertiary/aromatic N) is 1. The van der Waals surface area contributed by atoms with E-state index in [1.165, 1.54) is 0 Å². The molecule has 2 rings (SSSR count). The topological polar surface area (TPSA) is 94.2 Å². The molecule has 29 heavy (non-hydrogen) atoms. The first-order valence-electron chi connectivity index (χ1n) is 8.98. The lowest BCUT2D eigenvalue weighted by atomic mass is 10.2. The lowest BCUT2D eigenvalue weighted by Crippen LogP contribution is -2.35. The van der Waals surface area contributed by atoms with E-state index in [4.69, 9.17) is 13.7 Å². The van der Waals surface area contributed by atoms with Crippen LogP contribution in [-0.2, 0) is 21.4 Å². The minimum Gasteiger partial charge on any atom is -0.497 e. The number of amides is 2. The van der Waals surface area contributed by atoms with Crippen LogP contribution in [0.3, 0.4) is 0 Å². The summed E-state index contributed by atoms with van der Waals surface area (Å²) in [5, 5.41) is 2.87. The molecule has 0 aliphatic heterocycles. The van der Waals surface area contributed by atoms with Gasteiger partial charge in [-0.1, -0.05) is 18.2 Å². The van der Waals surface area contributed by atoms with E-state index < -0.39 is 10.1 Å². The van der Waals surface area contributed by atoms with Crippen LogP contribution in [0.4, 0.5) is 10.5 Å². The third kappa shape index (κ3) is 8.00. The molecule has 9 heteroatoms. The van der Waals surface area contributed by atoms with E-state index in [0.717, 1.165) is 11.8 Å². The van der Waals surface area contributed by atoms with Gasteiger partial charge in [0.05, 0.1) is 13.4 Å². The zero-order valence-corrected chi connectivity index (χ0v) is 17.6. The Bertz CT molecular complexity index is 899. The van der Waals surface area contributed by atoms with Crippen molar-refractivity contribution in [2.45, 2.75) is 13.0 Å². The SMILES string of the molecule is COCCCN(Cc1ccc(OS(C)(=O)=O)cc1)C(=O)Nc1cccc(OC)c1. The van der Waals surface area contributed by atoms with Crippen molar-refractivity contribution in [2.24, 2.45) is 0 Å². The van der Waals surface area contributed by atoms with E-state index in [0.29, 0.717) is 37.6 Å². The molecule has 2 aromatic rings. The van der Waals surface area contributed by atoms with Gasteiger partial charge in [0.2, 0.25) is 0 Å². The summed E-state index contributed by atoms with van der Waals surface area (Å²) in [6.07, 6.45) is 1.67. The van der Waals surface area contributed by atoms with Gasteiger partial charge in [-0.05, 0) is 36.2 Å². The van der Waals surface area contributed by atoms with Crippen molar-refractivity contribution in [3.8, 4) is 11.5 Å². The van der Waals surface area contributed by atoms with Gasteiger partial charge < -0.3 is 23.9 Å². The highest BCUT2D eigenvalue weighted by Crippen LogP contribution is 2.19. The molecule has 158 valence electrons. The van der Waals surface area contributed by atoms with Gasteiger partial charge >= 0.3 is 16.1 Å². The normalized spacial score (nSPS) is 11.0. The number of rotatable bonds is 10. The Morgan fingerprint density at radius 3 is 2.41 bits per heavy atom. The van der Waals surface area contributed by atoms with Crippen LogP contribution in [-0.4, -0.2) is 53.0 Å². The van der Waals surface area contributed by atoms with E-state index in [1.54, 1.807) is 67.7 Å². The maximum atomic E-state index is 12.8. The zero-order valence-electron chi connectivity index (χ0n) is 16.8. The molecule has 0 aromatic heterocycles. The summed E-state index contributed by atoms with van der Waals surface area (Å²) in [6.45, 7) is 1.37. The Balaban J connectivity index is 2.09. The first-order valence-corrected chi connectivity index (χ1v) is 10.8. The molecular formula is C20H26N2O6S. The van der Waals surface area contributed by atoms with Gasteiger partial charge in [-0.2, -0.15) is 8.42 Å². The minimum absolute atomic E-state index is 0.225. The average molecular weight is 423 g/mol. The molecule has 0 heterocycles. The predicted molar refractivity (Wildman–Crippen MR) is 111 cm³/mol. The summed E-state index contributed by atoms with van der Waals surface area (Å²) in [5.41, 5.74) is 1.46. The summed E-state index contributed by atoms with van der Waals surface area (Å²) in [6, 6.07) is 13.4. The van der Waals surface area contributed by atoms with Crippen LogP contribution < -0.4 is 14.2 Å². The smallest absolute Gasteiger partial charge is 0.322 e. The Hall–Kier alpha value is -2.78. The molecule has 8 nitrogen and oxygen atoms in total. The first-order chi connectivity index (χ1) is 13.8. The number of methoxy groups -OCH3 is 2. The summed E-state index contributed by atoms with van der Waals surface area (Å²) < 4.78 is 37.5. The second-order valence-electron chi connectivity index (χ2n) is 6.36. The molecule has 2 aromatic carbocycles. The third-order valence-electron chi connectivity index (χ3n) is 3.93. The Labute approximate surface area is 171 Å². The second-order valence-corrected chi connectivity index (χ2v) is 7.94. The van der Waals surface area contributed by atoms with Crippen molar-refractivity contribution in [1.29, 1.82) is 0 Å². The van der Waals surface area contributed by atoms with Gasteiger partial charge in [0, 0.05) is 38.6 Å². The molecule has 0 saturated heterocycles. The number of benzene rings is 2. The molecule has 0 aliphatic carbocycles. The highest BCUT2D eigenvalue weighted by Gasteiger charge is 2.15. The van der Waals surface area contributed by atoms with Crippen molar-refractivity contribution in [3.63, 3.8) is 0 Å². The lowest BCUT2D eigenvalue weighted by Gasteiger charge is -2.23. The first kappa shape index (κ1) is 22.5. The number of urea groups is 1. The Morgan fingerprint density at radius 1 is 1.07 bits per heavy atom. The maximum absolute atomic E-state index is 12.8. The van der Waals surface area contributed by atoms with Crippen molar-refractivity contribution < 1.29 is 26.9 Å². The van der Waals surface area contributed by atoms with Gasteiger partial charge in [0.1, 0.15) is 11.5 Å². The van der Waals surface area contributed by atoms with Crippen LogP contribution in [0.5, 0.6) is 11.5 Å². The average Bonchev–Trinajstić information content (AvgIpc) is 2.67. The maximum Gasteiger partial charge on any atom is 0.322 e. The largest absolute Gasteiger partial charge is 0.497 e. The summed E-state index contributed by atoms with van der Waals surface area (Å²) in [7, 11) is -0.404. The van der Waals surface area contributed by atoms with Gasteiger partial charge in [0.25, 0.3) is 0 Å². The van der Waals surface area contributed by atoms with Crippen LogP contribution in [0.25, 0.3) is 0 Å². The molecule has 0 radical (unpaired) electrons. The molecule has 0 bridgehead atoms. The molecule has 0 unspecified atom stereocenters. The fourth-order valence-electron chi connectivity index (χ4n) is 2.60. The number of hydrogen-bond acceptors (Lipinski definition) is 6. The van der Waals surface area contributed by atoms with Gasteiger partial charge in [0.15, 0.2) is 0 Å². The number of hydrogen-bond donors (Lipinski definition) is 1. The van der Waals surface area contributed by atoms with E-state index in [1.807, 2.05) is 0 Å². The van der Waals surface area contributed by atoms with Gasteiger partial charge in [-0.3, -0.25) is 0 Å². The monoisotopic (exact) mass is 422 g/mol. The number of ether oxygens (including phenoxy) is 2. The number of carbonyl (C=O) groups excluding carboxylic acids is 1. The second kappa shape index (κ2) is 10.7. The Morgan fingerprint density at radius 2 is 1.79 bits per heavy atom. The van der Waals surface area contributed by atoms with Crippen molar-refractivity contribution in [3.05, 3.63) is 54.1 Å². The molecule has 0 aliphatic rings. The molecular weight excluding hydrogens is 396 g/mol. The number of anilines is 1. The number of carbonyl (C=O) groups is 1. The fraction of sp³-hybridized carbons (Fsp3) is 0.350. The highest BCUT2D eigenvalue weighted by molar-refractivity contribution is 7.86. The predicted octanol–water partition coefficient (Wildman–Crippen LogP) is 3.10. The Kier molecular flexibility index (Phi) is 8.29. The molecule has 0 fully saturated rings. The van der Waals surface area contributed by atoms with Crippen molar-refractivity contribution in [2.75, 3.05) is 38.9 Å². The van der Waals surface area contributed by atoms with E-state index >= 15 is 0 Å². The van der Waals surface area contributed by atoms with Crippen molar-refractivity contribution in [1.82, 2.24) is 4.90 Å². The van der Waals surface area contributed by atoms with E-state index in [2.05, 4.69) is 5.32 Å². The van der Waals surface area contributed by atoms with Crippen LogP contribution >= 0.6 is 0 Å². The highest BCUT2D eigenvalue weighted by atomic mass is 32.2. The van der Waals surface area contributed by atoms with E-state index in [-0.39, 0.29) is 11.8 Å². The molecule has 0 saturated carbocycles. The zero-order chi connectivity index (χ0) is 21.3. The third-order valence-corrected chi connectivity index (χ3v) is 4.42. The lowest BCUT2D eigenvalue weighted by molar-refractivity contribution is 0.171. The van der Waals surface area contributed by atoms with E-state index in [9.17, 15) is 13.2 Å². The van der Waals surface area contributed by atoms with Gasteiger partial charge in [-0.15, -0.1) is 0 Å². The summed E-state index contributed by atoms with van der Waals surface area (Å²) >= 11 is 0. The minimum atomic E-state index is -3.58. The number of nitrogens with one attached hydrogen (secondary N) is 1. The molecule has 0 atom stereocenters. The van der Waals surface area contributed by atoms with Crippen LogP contribution in [0.15, 0.2) is 48.5 Å². The molecule has 2 amide bonds. The fourth-order valence-corrected chi connectivity index (χ4v) is 3.06. The quantitative estimate of drug-likeness (QED) is 0.467. The summed E-state index contributed by atoms with van der Waals surface area (Å²) in [4.78, 5) is 14.5. The van der Waals surface area contributed by atoms with Gasteiger partial charge in [-0.25, -0.2) is 4.79 Å². The van der Waals surface area contributed by atoms with Crippen LogP contribution in [0.2, 0.25) is 0 Å². The van der Waals surface area contributed by atoms with Crippen molar-refractivity contribution >= 4 is 21.8 Å². The standard InChI is InChI=1S/C20H26N2O6S/c1-26-13-5-12-22(20(23)21-17-6-4-7-19(14-17)27-2)15-16-8-10-18(11-9-16)28-29(3,24)25/h4,6-11,14H,5,12-13,15H2,1-3H3,(H,21,23). The molecule has 0 spiro atoms. The van der Waals surface area contributed by atoms with Crippen LogP contribution in [0.1, 0.15) is 12.0 Å².